The first-order chi connectivity index (χ1) is 17.4. The predicted octanol–water partition coefficient (Wildman–Crippen LogP) is 3.69. The summed E-state index contributed by atoms with van der Waals surface area (Å²) in [4.78, 5) is 0. The Balaban J connectivity index is 0.00000200. The van der Waals surface area contributed by atoms with Gasteiger partial charge < -0.3 is 24.8 Å². The van der Waals surface area contributed by atoms with Crippen LogP contribution in [0.1, 0.15) is 81.1 Å². The van der Waals surface area contributed by atoms with Crippen LogP contribution in [0.2, 0.25) is 0 Å². The van der Waals surface area contributed by atoms with E-state index in [1.54, 1.807) is 25.5 Å². The number of rotatable bonds is 6. The van der Waals surface area contributed by atoms with E-state index in [1.807, 2.05) is 3.28 Å². The average molecular weight is 623 g/mol. The van der Waals surface area contributed by atoms with Crippen LogP contribution in [0.3, 0.4) is 0 Å². The molecule has 0 nitrogen and oxygen atoms in total. The molecular formula is C35H40Cl2Zr. The maximum Gasteiger partial charge on any atom is -1.00 e. The van der Waals surface area contributed by atoms with Crippen LogP contribution in [0.5, 0.6) is 0 Å². The molecule has 2 aliphatic rings. The van der Waals surface area contributed by atoms with Crippen LogP contribution in [0.25, 0.3) is 11.1 Å². The van der Waals surface area contributed by atoms with E-state index in [9.17, 15) is 0 Å². The van der Waals surface area contributed by atoms with Gasteiger partial charge in [-0.2, -0.15) is 0 Å². The van der Waals surface area contributed by atoms with E-state index >= 15 is 0 Å². The standard InChI is InChI=1S/C13H9.C13H21.C9H10.2ClH.Zr/c1-3-7-12-10(5-1)9-11-6-2-4-8-13(11)12;1-6-10-8-11(7-2)12(9-10)13(3,4)5;1-2-6-9-7-4-3-5-8-9;;;/h1-9H;9-10H,6-7H2,1-5H3;3-5,7-8H,2H2,1H3;2*1H;/q;;;;;+2/p-2. The van der Waals surface area contributed by atoms with Crippen LogP contribution in [0, 0.1) is 11.3 Å². The molecule has 1 atom stereocenters. The first-order valence-electron chi connectivity index (χ1n) is 13.8. The van der Waals surface area contributed by atoms with Gasteiger partial charge in [-0.05, 0) is 0 Å². The van der Waals surface area contributed by atoms with Crippen molar-refractivity contribution in [1.29, 1.82) is 0 Å². The molecule has 0 spiro atoms. The average Bonchev–Trinajstić information content (AvgIpc) is 3.44. The SMILES string of the molecule is CCC1=[C](/[Zr+2](=[C](\CC)c2ccccc2)[CH]2c3ccccc3-c3ccccc32)C(CC)C=C1C(C)(C)C.[Cl-].[Cl-]. The molecule has 0 N–H and O–H groups in total. The zero-order valence-electron chi connectivity index (χ0n) is 23.6. The third kappa shape index (κ3) is 5.41. The van der Waals surface area contributed by atoms with Crippen LogP contribution in [0.4, 0.5) is 0 Å². The second kappa shape index (κ2) is 12.8. The third-order valence-corrected chi connectivity index (χ3v) is 17.4. The molecule has 1 unspecified atom stereocenters. The summed E-state index contributed by atoms with van der Waals surface area (Å²) in [7, 11) is 0. The molecule has 0 saturated carbocycles. The van der Waals surface area contributed by atoms with Gasteiger partial charge in [0.2, 0.25) is 0 Å². The minimum Gasteiger partial charge on any atom is -1.00 e. The fourth-order valence-electron chi connectivity index (χ4n) is 6.67. The van der Waals surface area contributed by atoms with Crippen LogP contribution >= 0.6 is 0 Å². The Labute approximate surface area is 250 Å². The van der Waals surface area contributed by atoms with Crippen molar-refractivity contribution in [2.45, 2.75) is 64.4 Å². The van der Waals surface area contributed by atoms with Gasteiger partial charge in [-0.15, -0.1) is 0 Å². The molecule has 3 aromatic rings. The van der Waals surface area contributed by atoms with E-state index in [1.165, 1.54) is 23.1 Å². The monoisotopic (exact) mass is 620 g/mol. The Kier molecular flexibility index (Phi) is 10.4. The second-order valence-electron chi connectivity index (χ2n) is 11.3. The van der Waals surface area contributed by atoms with Crippen molar-refractivity contribution in [1.82, 2.24) is 0 Å². The Bertz CT molecular complexity index is 1330. The molecule has 0 bridgehead atoms. The molecule has 0 saturated heterocycles. The molecule has 0 fully saturated rings. The van der Waals surface area contributed by atoms with Crippen molar-refractivity contribution in [3.63, 3.8) is 0 Å². The van der Waals surface area contributed by atoms with E-state index in [4.69, 9.17) is 0 Å². The summed E-state index contributed by atoms with van der Waals surface area (Å²) in [6, 6.07) is 30.0. The smallest absolute Gasteiger partial charge is 1.00 e. The zero-order chi connectivity index (χ0) is 25.4. The number of hydrogen-bond acceptors (Lipinski definition) is 0. The summed E-state index contributed by atoms with van der Waals surface area (Å²) >= 11 is -2.51. The van der Waals surface area contributed by atoms with Gasteiger partial charge in [-0.1, -0.05) is 0 Å². The van der Waals surface area contributed by atoms with Gasteiger partial charge in [-0.3, -0.25) is 0 Å². The molecule has 0 radical (unpaired) electrons. The number of allylic oxidation sites excluding steroid dienone is 4. The molecule has 0 aromatic heterocycles. The Hall–Kier alpha value is -1.53. The summed E-state index contributed by atoms with van der Waals surface area (Å²) in [5, 5.41) is 0. The van der Waals surface area contributed by atoms with Gasteiger partial charge in [0.15, 0.2) is 0 Å². The Morgan fingerprint density at radius 3 is 1.74 bits per heavy atom. The normalized spacial score (nSPS) is 16.7. The number of fused-ring (bicyclic) bond motifs is 3. The number of hydrogen-bond donors (Lipinski definition) is 0. The summed E-state index contributed by atoms with van der Waals surface area (Å²) < 4.78 is 4.19. The zero-order valence-corrected chi connectivity index (χ0v) is 27.6. The summed E-state index contributed by atoms with van der Waals surface area (Å²) in [6.45, 7) is 14.5. The van der Waals surface area contributed by atoms with Crippen LogP contribution in [-0.4, -0.2) is 3.21 Å². The molecule has 0 heterocycles. The van der Waals surface area contributed by atoms with Crippen molar-refractivity contribution in [2.75, 3.05) is 0 Å². The largest absolute Gasteiger partial charge is 1.00 e. The van der Waals surface area contributed by atoms with Crippen LogP contribution < -0.4 is 24.8 Å². The molecule has 0 aliphatic heterocycles. The minimum atomic E-state index is -2.51. The molecule has 38 heavy (non-hydrogen) atoms. The molecule has 5 rings (SSSR count). The molecule has 198 valence electrons. The quantitative estimate of drug-likeness (QED) is 0.394. The van der Waals surface area contributed by atoms with E-state index in [2.05, 4.69) is 126 Å². The Morgan fingerprint density at radius 1 is 0.737 bits per heavy atom. The van der Waals surface area contributed by atoms with Gasteiger partial charge in [0, 0.05) is 0 Å². The fraction of sp³-hybridized carbons (Fsp3) is 0.343. The van der Waals surface area contributed by atoms with Gasteiger partial charge in [0.1, 0.15) is 0 Å². The van der Waals surface area contributed by atoms with Crippen molar-refractivity contribution >= 4 is 3.21 Å². The maximum absolute atomic E-state index is 2.68. The molecule has 2 aliphatic carbocycles. The van der Waals surface area contributed by atoms with Crippen LogP contribution in [-0.2, 0) is 21.3 Å². The summed E-state index contributed by atoms with van der Waals surface area (Å²) in [5.41, 5.74) is 11.1. The molecular weight excluding hydrogens is 583 g/mol. The van der Waals surface area contributed by atoms with E-state index in [0.717, 1.165) is 12.8 Å². The summed E-state index contributed by atoms with van der Waals surface area (Å²) in [6.07, 6.45) is 6.16. The first kappa shape index (κ1) is 31.0. The third-order valence-electron chi connectivity index (χ3n) is 8.20. The van der Waals surface area contributed by atoms with Gasteiger partial charge in [-0.25, -0.2) is 0 Å². The minimum absolute atomic E-state index is 0. The van der Waals surface area contributed by atoms with Gasteiger partial charge in [0.05, 0.1) is 0 Å². The molecule has 0 amide bonds. The molecule has 3 aromatic carbocycles. The van der Waals surface area contributed by atoms with Gasteiger partial charge >= 0.3 is 227 Å². The summed E-state index contributed by atoms with van der Waals surface area (Å²) in [5.74, 6) is 0.578. The predicted molar refractivity (Wildman–Crippen MR) is 153 cm³/mol. The van der Waals surface area contributed by atoms with Gasteiger partial charge in [0.25, 0.3) is 0 Å². The topological polar surface area (TPSA) is 0 Å². The van der Waals surface area contributed by atoms with E-state index in [-0.39, 0.29) is 30.2 Å². The second-order valence-corrected chi connectivity index (χ2v) is 17.6. The van der Waals surface area contributed by atoms with Crippen molar-refractivity contribution in [3.05, 3.63) is 116 Å². The van der Waals surface area contributed by atoms with E-state index in [0.29, 0.717) is 9.54 Å². The van der Waals surface area contributed by atoms with Crippen molar-refractivity contribution in [3.8, 4) is 11.1 Å². The fourth-order valence-corrected chi connectivity index (χ4v) is 17.2. The molecule has 3 heteroatoms. The Morgan fingerprint density at radius 2 is 1.26 bits per heavy atom. The first-order valence-corrected chi connectivity index (χ1v) is 17.7. The number of benzene rings is 3. The van der Waals surface area contributed by atoms with Crippen molar-refractivity contribution < 1.29 is 46.1 Å². The van der Waals surface area contributed by atoms with Crippen molar-refractivity contribution in [2.24, 2.45) is 11.3 Å². The number of halogens is 2. The van der Waals surface area contributed by atoms with Crippen LogP contribution in [0.15, 0.2) is 99.4 Å². The maximum atomic E-state index is 2.68. The van der Waals surface area contributed by atoms with E-state index < -0.39 is 21.3 Å².